The van der Waals surface area contributed by atoms with Crippen LogP contribution in [0.25, 0.3) is 33.4 Å². The summed E-state index contributed by atoms with van der Waals surface area (Å²) in [6, 6.07) is 3.96. The molecule has 2 fully saturated rings. The molecule has 0 saturated carbocycles. The van der Waals surface area contributed by atoms with E-state index in [4.69, 9.17) is 61.6 Å². The summed E-state index contributed by atoms with van der Waals surface area (Å²) in [5.41, 5.74) is -20.9. The maximum absolute atomic E-state index is 15.8. The molecule has 15 rings (SSSR count). The molecule has 29 N–H and O–H groups in total. The van der Waals surface area contributed by atoms with Crippen molar-refractivity contribution in [2.24, 2.45) is 0 Å². The van der Waals surface area contributed by atoms with Gasteiger partial charge in [0, 0.05) is 45.5 Å². The van der Waals surface area contributed by atoms with Gasteiger partial charge in [0.05, 0.1) is 50.1 Å². The molecule has 10 aromatic carbocycles. The van der Waals surface area contributed by atoms with E-state index < -0.39 is 402 Å². The summed E-state index contributed by atoms with van der Waals surface area (Å²) in [5.74, 6) is -67.9. The lowest BCUT2D eigenvalue weighted by Crippen LogP contribution is -2.63. The molecular weight excluding hydrogens is 1820 g/mol. The second-order valence-electron chi connectivity index (χ2n) is 29.0. The molecule has 5 aliphatic rings. The van der Waals surface area contributed by atoms with E-state index in [1.807, 2.05) is 0 Å². The number of hydrogen-bond donors (Lipinski definition) is 29. The molecule has 10 aromatic rings. The predicted molar refractivity (Wildman–Crippen MR) is 414 cm³/mol. The molecule has 0 aliphatic carbocycles. The fraction of sp³-hybridized carbons (Fsp3) is 0.146. The number of aromatic hydroxyl groups is 29. The second kappa shape index (κ2) is 32.9. The first-order chi connectivity index (χ1) is 63.1. The zero-order valence-corrected chi connectivity index (χ0v) is 65.6. The van der Waals surface area contributed by atoms with E-state index in [9.17, 15) is 167 Å². The lowest BCUT2D eigenvalue weighted by Gasteiger charge is -2.44. The van der Waals surface area contributed by atoms with Crippen molar-refractivity contribution in [3.8, 4) is 212 Å². The van der Waals surface area contributed by atoms with Gasteiger partial charge in [-0.25, -0.2) is 47.9 Å². The van der Waals surface area contributed by atoms with Gasteiger partial charge >= 0.3 is 59.7 Å². The highest BCUT2D eigenvalue weighted by Crippen LogP contribution is 2.60. The minimum Gasteiger partial charge on any atom is -0.504 e. The van der Waals surface area contributed by atoms with Crippen LogP contribution in [0.4, 0.5) is 0 Å². The largest absolute Gasteiger partial charge is 0.504 e. The lowest BCUT2D eigenvalue weighted by molar-refractivity contribution is -0.283. The Hall–Kier alpha value is -19.2. The number of carbonyl (C=O) groups is 10. The van der Waals surface area contributed by atoms with E-state index in [1.165, 1.54) is 0 Å². The molecule has 0 spiro atoms. The molecule has 5 aliphatic heterocycles. The quantitative estimate of drug-likeness (QED) is 0.0498. The Morgan fingerprint density at radius 1 is 0.276 bits per heavy atom. The van der Waals surface area contributed by atoms with Gasteiger partial charge in [-0.05, 0) is 66.7 Å². The molecule has 5 heterocycles. The molecule has 0 bridgehead atoms. The Bertz CT molecular complexity index is 6800. The molecule has 134 heavy (non-hydrogen) atoms. The van der Waals surface area contributed by atoms with Gasteiger partial charge in [0.2, 0.25) is 70.8 Å². The minimum absolute atomic E-state index is 0.0556. The first-order valence-electron chi connectivity index (χ1n) is 37.1. The number of carbonyl (C=O) groups excluding carboxylic acids is 10. The monoisotopic (exact) mass is 1870 g/mol. The number of phenolic OH excluding ortho intramolecular Hbond substituents is 29. The highest BCUT2D eigenvalue weighted by molar-refractivity contribution is 6.12. The highest BCUT2D eigenvalue weighted by Gasteiger charge is 2.59. The van der Waals surface area contributed by atoms with Gasteiger partial charge < -0.3 is 210 Å². The van der Waals surface area contributed by atoms with Gasteiger partial charge in [0.1, 0.15) is 31.0 Å². The van der Waals surface area contributed by atoms with Crippen LogP contribution < -0.4 is 4.74 Å². The number of phenols is 29. The van der Waals surface area contributed by atoms with Crippen LogP contribution in [0.15, 0.2) is 78.9 Å². The predicted octanol–water partition coefficient (Wildman–Crippen LogP) is 3.71. The van der Waals surface area contributed by atoms with E-state index in [0.29, 0.717) is 42.5 Å². The van der Waals surface area contributed by atoms with Crippen LogP contribution in [0.2, 0.25) is 0 Å². The zero-order chi connectivity index (χ0) is 97.5. The topological polar surface area (TPSA) is 877 Å². The summed E-state index contributed by atoms with van der Waals surface area (Å²) >= 11 is 0. The summed E-state index contributed by atoms with van der Waals surface area (Å²) in [7, 11) is 0. The fourth-order valence-corrected chi connectivity index (χ4v) is 14.5. The standard InChI is InChI=1S/C82H56O52/c83-26-1-16(2-27(84)47(26)95)71(112)122-14-39-66(68-69(81(125-39)133-72(113)17-3-28(85)48(96)29(86)4-17)131-78(119)23-11-36(93)53(101)60(108)44(23)43-21(76(117)130-68)9-34(91)52(100)59(43)107)128-80(121)25-12-37(94)55(103)63(111)64(25)124-38-13-24-46(62(110)56(38)104)45-22(10-35(92)54(102)61(45)109)77(118)129-67-65-40(126-82(70(67)132-79(24)120)134-73(114)18-5-30(87)49(97)31(88)6-18)15-123-74(115)19-7-32(89)50(98)57(105)41(19)42-20(75(116)127-65)8-33(90)51(99)58(42)106/h1-13,39-40,65-70,81-111H,14-15H2/t39-,40-,65-,66+,67-,68+,69-,70-,81+,82-/m1/s1. The molecule has 0 amide bonds. The lowest BCUT2D eigenvalue weighted by atomic mass is 9.90. The zero-order valence-electron chi connectivity index (χ0n) is 65.6. The maximum atomic E-state index is 15.8. The normalized spacial score (nSPS) is 19.5. The van der Waals surface area contributed by atoms with Crippen molar-refractivity contribution in [2.45, 2.75) is 61.4 Å². The van der Waals surface area contributed by atoms with Crippen molar-refractivity contribution in [2.75, 3.05) is 13.2 Å². The van der Waals surface area contributed by atoms with Crippen molar-refractivity contribution in [1.82, 2.24) is 0 Å². The summed E-state index contributed by atoms with van der Waals surface area (Å²) in [4.78, 5) is 150. The summed E-state index contributed by atoms with van der Waals surface area (Å²) < 4.78 is 74.6. The summed E-state index contributed by atoms with van der Waals surface area (Å²) in [6.07, 6.45) is -28.7. The van der Waals surface area contributed by atoms with Gasteiger partial charge in [-0.1, -0.05) is 0 Å². The Balaban J connectivity index is 0.888. The van der Waals surface area contributed by atoms with E-state index in [2.05, 4.69) is 0 Å². The molecule has 696 valence electrons. The third-order valence-corrected chi connectivity index (χ3v) is 21.0. The van der Waals surface area contributed by atoms with Crippen molar-refractivity contribution in [1.29, 1.82) is 0 Å². The Morgan fingerprint density at radius 3 is 0.948 bits per heavy atom. The van der Waals surface area contributed by atoms with Gasteiger partial charge in [0.15, 0.2) is 157 Å². The number of hydrogen-bond acceptors (Lipinski definition) is 52. The number of benzene rings is 10. The number of fused-ring (bicyclic) bond motifs is 13. The SMILES string of the molecule is O=C(OC[C@H]1O[C@@H](OC(=O)c2cc(O)c(O)c(O)c2)[C@@H]2OC(=O)c3cc(O)c(O)c(O)c3-c3c(cc(O)c(O)c3O)C(=O)O[C@H]2[C@H]1OC(=O)c1cc(O)c(O)c(O)c1Oc1cc2c(c(O)c1O)-c1c(cc(O)c(O)c1O)C(=O)O[C@H]1[C@@H](OC2=O)[C@@H](OC(=O)c2cc(O)c(O)c(O)c2)O[C@@H]2COC(=O)c3cc(O)c(O)c(O)c3-c3c(cc(O)c(O)c3O)C(=O)O[C@@H]12)c1cc(O)c(O)c(O)c1. The van der Waals surface area contributed by atoms with Gasteiger partial charge in [0.25, 0.3) is 0 Å². The fourth-order valence-electron chi connectivity index (χ4n) is 14.5. The molecule has 52 nitrogen and oxygen atoms in total. The number of cyclic esters (lactones) is 1. The minimum atomic E-state index is -3.03. The van der Waals surface area contributed by atoms with Gasteiger partial charge in [-0.3, -0.25) is 0 Å². The number of rotatable bonds is 11. The second-order valence-corrected chi connectivity index (χ2v) is 29.0. The average Bonchev–Trinajstić information content (AvgIpc) is 0.816. The van der Waals surface area contributed by atoms with Crippen LogP contribution in [0.1, 0.15) is 104 Å². The van der Waals surface area contributed by atoms with Crippen LogP contribution in [0.3, 0.4) is 0 Å². The molecule has 0 unspecified atom stereocenters. The van der Waals surface area contributed by atoms with Crippen molar-refractivity contribution in [3.63, 3.8) is 0 Å². The first kappa shape index (κ1) is 89.6. The highest BCUT2D eigenvalue weighted by atomic mass is 16.8. The van der Waals surface area contributed by atoms with Crippen LogP contribution in [-0.2, 0) is 56.8 Å². The summed E-state index contributed by atoms with van der Waals surface area (Å²) in [6.45, 7) is -3.16. The van der Waals surface area contributed by atoms with E-state index >= 15 is 28.8 Å². The molecule has 0 radical (unpaired) electrons. The number of ether oxygens (including phenoxy) is 13. The van der Waals surface area contributed by atoms with Crippen LogP contribution in [-0.4, -0.2) is 282 Å². The van der Waals surface area contributed by atoms with Crippen molar-refractivity contribution < 1.29 is 258 Å². The van der Waals surface area contributed by atoms with Gasteiger partial charge in [-0.15, -0.1) is 0 Å². The molecule has 2 saturated heterocycles. The maximum Gasteiger partial charge on any atom is 0.342 e. The van der Waals surface area contributed by atoms with Crippen LogP contribution in [0.5, 0.6) is 178 Å². The van der Waals surface area contributed by atoms with Crippen LogP contribution >= 0.6 is 0 Å². The molecule has 0 aromatic heterocycles. The van der Waals surface area contributed by atoms with Crippen molar-refractivity contribution in [3.05, 3.63) is 134 Å². The van der Waals surface area contributed by atoms with E-state index in [0.717, 1.165) is 0 Å². The van der Waals surface area contributed by atoms with Gasteiger partial charge in [-0.2, -0.15) is 0 Å². The Morgan fingerprint density at radius 2 is 0.567 bits per heavy atom. The summed E-state index contributed by atoms with van der Waals surface area (Å²) in [5, 5.41) is 320. The molecule has 52 heteroatoms. The third-order valence-electron chi connectivity index (χ3n) is 21.0. The van der Waals surface area contributed by atoms with Crippen molar-refractivity contribution >= 4 is 59.7 Å². The third kappa shape index (κ3) is 15.0. The Labute approximate surface area is 735 Å². The molecular formula is C82H56O52. The average molecular weight is 1870 g/mol. The van der Waals surface area contributed by atoms with Crippen LogP contribution in [0, 0.1) is 0 Å². The van der Waals surface area contributed by atoms with E-state index in [1.54, 1.807) is 0 Å². The van der Waals surface area contributed by atoms with E-state index in [-0.39, 0.29) is 36.4 Å². The molecule has 10 atom stereocenters. The Kier molecular flexibility index (Phi) is 22.0. The first-order valence-corrected chi connectivity index (χ1v) is 37.1. The number of esters is 10. The smallest absolute Gasteiger partial charge is 0.342 e.